The van der Waals surface area contributed by atoms with Gasteiger partial charge in [0.2, 0.25) is 11.8 Å². The van der Waals surface area contributed by atoms with Crippen molar-refractivity contribution in [3.63, 3.8) is 0 Å². The fourth-order valence-corrected chi connectivity index (χ4v) is 24.7. The lowest BCUT2D eigenvalue weighted by molar-refractivity contribution is -0.193. The first kappa shape index (κ1) is 72.0. The van der Waals surface area contributed by atoms with Crippen molar-refractivity contribution >= 4 is 23.4 Å². The van der Waals surface area contributed by atoms with E-state index in [9.17, 15) is 19.2 Å². The van der Waals surface area contributed by atoms with E-state index in [1.165, 1.54) is 25.7 Å². The third-order valence-electron chi connectivity index (χ3n) is 30.6. The zero-order chi connectivity index (χ0) is 66.0. The summed E-state index contributed by atoms with van der Waals surface area (Å²) in [5.74, 6) is 3.54. The molecule has 9 fully saturated rings. The van der Waals surface area contributed by atoms with E-state index in [-0.39, 0.29) is 74.1 Å². The van der Waals surface area contributed by atoms with Crippen molar-refractivity contribution in [2.24, 2.45) is 112 Å². The largest absolute Gasteiger partial charge is 0.501 e. The Balaban J connectivity index is 0.000000214. The van der Waals surface area contributed by atoms with Gasteiger partial charge in [0, 0.05) is 60.9 Å². The summed E-state index contributed by atoms with van der Waals surface area (Å²) in [6, 6.07) is 0. The Morgan fingerprint density at radius 3 is 1.32 bits per heavy atom. The van der Waals surface area contributed by atoms with Crippen molar-refractivity contribution in [3.8, 4) is 0 Å². The predicted molar refractivity (Wildman–Crippen MR) is 373 cm³/mol. The molecule has 1 heterocycles. The summed E-state index contributed by atoms with van der Waals surface area (Å²) in [6.45, 7) is 50.4. The van der Waals surface area contributed by atoms with Gasteiger partial charge < -0.3 is 34.8 Å². The first-order valence-corrected chi connectivity index (χ1v) is 36.4. The number of nitrogens with zero attached hydrogens (tertiary/aromatic N) is 3. The van der Waals surface area contributed by atoms with Crippen molar-refractivity contribution < 1.29 is 28.7 Å². The number of carbonyl (C=O) groups is 4. The molecule has 1 saturated heterocycles. The van der Waals surface area contributed by atoms with Crippen LogP contribution in [0.15, 0.2) is 48.0 Å². The van der Waals surface area contributed by atoms with Crippen molar-refractivity contribution in [3.05, 3.63) is 48.0 Å². The Bertz CT molecular complexity index is 2860. The van der Waals surface area contributed by atoms with Gasteiger partial charge in [-0.1, -0.05) is 141 Å². The molecular weight excluding hydrogens is 1130 g/mol. The predicted octanol–water partition coefficient (Wildman–Crippen LogP) is 15.9. The minimum Gasteiger partial charge on any atom is -0.501 e. The van der Waals surface area contributed by atoms with E-state index in [4.69, 9.17) is 9.47 Å². The molecule has 0 spiro atoms. The van der Waals surface area contributed by atoms with Crippen LogP contribution < -0.4 is 10.6 Å². The molecule has 91 heavy (non-hydrogen) atoms. The van der Waals surface area contributed by atoms with Crippen LogP contribution in [0.4, 0.5) is 0 Å². The monoisotopic (exact) mass is 1260 g/mol. The number of ether oxygens (including phenoxy) is 2. The Morgan fingerprint density at radius 2 is 0.934 bits per heavy atom. The highest BCUT2D eigenvalue weighted by atomic mass is 16.5. The van der Waals surface area contributed by atoms with Crippen molar-refractivity contribution in [1.29, 1.82) is 0 Å². The van der Waals surface area contributed by atoms with Gasteiger partial charge in [0.1, 0.15) is 0 Å². The molecule has 0 aromatic rings. The van der Waals surface area contributed by atoms with Crippen molar-refractivity contribution in [2.75, 3.05) is 87.7 Å². The summed E-state index contributed by atoms with van der Waals surface area (Å²) >= 11 is 0. The van der Waals surface area contributed by atoms with E-state index in [1.54, 1.807) is 11.1 Å². The Hall–Kier alpha value is -3.28. The van der Waals surface area contributed by atoms with Gasteiger partial charge in [-0.25, -0.2) is 0 Å². The first-order valence-electron chi connectivity index (χ1n) is 36.4. The molecule has 11 rings (SSSR count). The third-order valence-corrected chi connectivity index (χ3v) is 30.6. The molecule has 514 valence electrons. The highest BCUT2D eigenvalue weighted by Gasteiger charge is 2.73. The number of amides is 2. The van der Waals surface area contributed by atoms with Gasteiger partial charge in [0.05, 0.1) is 37.6 Å². The van der Waals surface area contributed by atoms with Crippen LogP contribution >= 0.6 is 0 Å². The van der Waals surface area contributed by atoms with Gasteiger partial charge in [-0.15, -0.1) is 0 Å². The van der Waals surface area contributed by atoms with E-state index in [2.05, 4.69) is 169 Å². The molecular formula is C80H133N5O6. The summed E-state index contributed by atoms with van der Waals surface area (Å²) in [5.41, 5.74) is 3.29. The number of Topliss-reactive ketones (excluding diaryl/α,β-unsaturated/α-hetero) is 2. The Labute approximate surface area is 555 Å². The lowest BCUT2D eigenvalue weighted by Gasteiger charge is -2.71. The molecule has 16 atom stereocenters. The quantitative estimate of drug-likeness (QED) is 0.0758. The topological polar surface area (TPSA) is 121 Å². The number of hydrogen-bond donors (Lipinski definition) is 2. The number of fused-ring (bicyclic) bond motifs is 14. The zero-order valence-electron chi connectivity index (χ0n) is 60.8. The molecule has 0 bridgehead atoms. The number of ketones is 2. The van der Waals surface area contributed by atoms with E-state index in [0.29, 0.717) is 72.3 Å². The number of piperazine rings is 1. The number of likely N-dealkylation sites (N-methyl/N-ethyl adjacent to an activating group) is 1. The molecule has 8 saturated carbocycles. The summed E-state index contributed by atoms with van der Waals surface area (Å²) in [7, 11) is 9.92. The zero-order valence-corrected chi connectivity index (χ0v) is 60.8. The standard InChI is InChI=1S/C41H67N3O3.C38H62N2O3.CH4/c1-28(47-10)41-18-16-36(2,3)27-31(41)30-12-13-33-38(6)26-29(35(46)42-20-11-21-44-24-22-43(9)23-25-44)34(45)37(4,5)32(38)14-15-40(33,8)39(30,7)17-19-41;1-25(43-11)38-19-17-33(2,3)24-28(38)27-13-14-30-35(6)23-26(32(42)39-21-12-22-40(9)10)31(41)34(4,5)29(35)15-16-37(30,8)36(27,7)18-20-38;/h12,29,31-33H,1,11,13-27H2,2-10H3,(H,42,46);13,26,28-30H,1,12,14-24H2,2-11H3,(H,39,42);1H4/t29?,31?,32?,33?,38-,39+,40+,41+;26?,28?,29?,30?,35-,36+,37+,38+;/m00./s1. The highest BCUT2D eigenvalue weighted by Crippen LogP contribution is 2.79. The molecule has 8 unspecified atom stereocenters. The van der Waals surface area contributed by atoms with Crippen molar-refractivity contribution in [2.45, 2.75) is 233 Å². The lowest BCUT2D eigenvalue weighted by Crippen LogP contribution is -2.66. The van der Waals surface area contributed by atoms with Gasteiger partial charge in [-0.2, -0.15) is 0 Å². The smallest absolute Gasteiger partial charge is 0.230 e. The fraction of sp³-hybridized carbons (Fsp3) is 0.850. The molecule has 2 amide bonds. The van der Waals surface area contributed by atoms with Crippen LogP contribution in [0, 0.1) is 112 Å². The second-order valence-corrected chi connectivity index (χ2v) is 36.9. The number of carbonyl (C=O) groups excluding carboxylic acids is 4. The van der Waals surface area contributed by atoms with Gasteiger partial charge in [0.25, 0.3) is 0 Å². The average molecular weight is 1260 g/mol. The van der Waals surface area contributed by atoms with E-state index in [0.717, 1.165) is 141 Å². The first-order chi connectivity index (χ1) is 41.8. The minimum absolute atomic E-state index is 0. The second kappa shape index (κ2) is 25.0. The number of hydrogen-bond acceptors (Lipinski definition) is 9. The molecule has 2 N–H and O–H groups in total. The summed E-state index contributed by atoms with van der Waals surface area (Å²) in [5, 5.41) is 6.41. The normalized spacial score (nSPS) is 42.5. The van der Waals surface area contributed by atoms with Crippen LogP contribution in [-0.2, 0) is 28.7 Å². The average Bonchev–Trinajstić information content (AvgIpc) is 0.683. The molecule has 0 aromatic heterocycles. The molecule has 11 aliphatic rings. The number of methoxy groups -OCH3 is 2. The van der Waals surface area contributed by atoms with Crippen molar-refractivity contribution in [1.82, 2.24) is 25.3 Å². The fourth-order valence-electron chi connectivity index (χ4n) is 24.7. The van der Waals surface area contributed by atoms with Gasteiger partial charge in [0.15, 0.2) is 11.6 Å². The number of rotatable bonds is 14. The van der Waals surface area contributed by atoms with E-state index in [1.807, 2.05) is 14.2 Å². The minimum atomic E-state index is -0.557. The van der Waals surface area contributed by atoms with Crippen LogP contribution in [0.3, 0.4) is 0 Å². The molecule has 10 aliphatic carbocycles. The molecule has 0 radical (unpaired) electrons. The third kappa shape index (κ3) is 11.5. The maximum absolute atomic E-state index is 14.2. The van der Waals surface area contributed by atoms with Crippen LogP contribution in [-0.4, -0.2) is 126 Å². The number of nitrogens with one attached hydrogen (secondary N) is 2. The lowest BCUT2D eigenvalue weighted by atomic mass is 9.33. The van der Waals surface area contributed by atoms with Crippen LogP contribution in [0.5, 0.6) is 0 Å². The van der Waals surface area contributed by atoms with Gasteiger partial charge in [-0.3, -0.25) is 19.2 Å². The molecule has 11 heteroatoms. The maximum Gasteiger partial charge on any atom is 0.230 e. The highest BCUT2D eigenvalue weighted by molar-refractivity contribution is 6.05. The number of allylic oxidation sites excluding steroid dienone is 6. The Morgan fingerprint density at radius 1 is 0.549 bits per heavy atom. The van der Waals surface area contributed by atoms with Crippen LogP contribution in [0.1, 0.15) is 233 Å². The van der Waals surface area contributed by atoms with Crippen LogP contribution in [0.2, 0.25) is 0 Å². The molecule has 1 aliphatic heterocycles. The second-order valence-electron chi connectivity index (χ2n) is 36.9. The maximum atomic E-state index is 14.2. The summed E-state index contributed by atoms with van der Waals surface area (Å²) < 4.78 is 12.0. The van der Waals surface area contributed by atoms with Gasteiger partial charge >= 0.3 is 0 Å². The molecule has 11 nitrogen and oxygen atoms in total. The van der Waals surface area contributed by atoms with Crippen LogP contribution in [0.25, 0.3) is 0 Å². The van der Waals surface area contributed by atoms with E-state index >= 15 is 0 Å². The SMILES string of the molecule is C.C=C(OC)[C@]12CCC(C)(C)CC1C1=CCC3[C@@]4(C)CC(C(=O)NCCCN(C)C)C(=O)C(C)(C)C4CC[C@@]3(C)[C@]1(C)CC2.C=C(OC)[C@]12CCC(C)(C)CC1C1=CCC3[C@@]4(C)CC(C(=O)NCCCN5CCN(C)CC5)C(=O)C(C)(C)C4CC[C@@]3(C)[C@]1(C)CC2. The van der Waals surface area contributed by atoms with E-state index < -0.39 is 22.7 Å². The summed E-state index contributed by atoms with van der Waals surface area (Å²) in [6.07, 6.45) is 26.8. The Kier molecular flexibility index (Phi) is 19.8. The van der Waals surface area contributed by atoms with Gasteiger partial charge in [-0.05, 0) is 241 Å². The summed E-state index contributed by atoms with van der Waals surface area (Å²) in [4.78, 5) is 62.7. The molecule has 0 aromatic carbocycles.